The number of aliphatic hydroxyl groups excluding tert-OH is 1. The van der Waals surface area contributed by atoms with Gasteiger partial charge in [-0.2, -0.15) is 0 Å². The van der Waals surface area contributed by atoms with Gasteiger partial charge in [0.2, 0.25) is 5.91 Å². The van der Waals surface area contributed by atoms with Crippen molar-refractivity contribution in [3.05, 3.63) is 108 Å². The smallest absolute Gasteiger partial charge is 0.324 e. The molecule has 2 fully saturated rings. The third kappa shape index (κ3) is 4.11. The van der Waals surface area contributed by atoms with Gasteiger partial charge >= 0.3 is 6.03 Å². The Bertz CT molecular complexity index is 1040. The van der Waals surface area contributed by atoms with Crippen LogP contribution < -0.4 is 10.6 Å². The second kappa shape index (κ2) is 9.41. The van der Waals surface area contributed by atoms with Gasteiger partial charge in [0.15, 0.2) is 0 Å². The van der Waals surface area contributed by atoms with Crippen LogP contribution >= 0.6 is 0 Å². The predicted molar refractivity (Wildman–Crippen MR) is 130 cm³/mol. The van der Waals surface area contributed by atoms with Crippen LogP contribution in [0.3, 0.4) is 0 Å². The van der Waals surface area contributed by atoms with E-state index in [4.69, 9.17) is 0 Å². The normalized spacial score (nSPS) is 22.7. The fraction of sp³-hybridized carbons (Fsp3) is 0.286. The molecule has 2 aliphatic rings. The van der Waals surface area contributed by atoms with E-state index < -0.39 is 11.6 Å². The molecule has 3 aromatic rings. The first-order valence-electron chi connectivity index (χ1n) is 11.8. The molecule has 3 amide bonds. The van der Waals surface area contributed by atoms with E-state index in [1.54, 1.807) is 4.90 Å². The predicted octanol–water partition coefficient (Wildman–Crippen LogP) is 3.26. The molecule has 5 rings (SSSR count). The number of amides is 3. The maximum absolute atomic E-state index is 12.2. The molecule has 3 N–H and O–H groups in total. The molecule has 0 aromatic heterocycles. The molecule has 1 saturated heterocycles. The van der Waals surface area contributed by atoms with E-state index in [1.165, 1.54) is 0 Å². The van der Waals surface area contributed by atoms with Crippen molar-refractivity contribution >= 4 is 11.9 Å². The minimum Gasteiger partial charge on any atom is -0.393 e. The monoisotopic (exact) mass is 455 g/mol. The third-order valence-corrected chi connectivity index (χ3v) is 7.14. The average Bonchev–Trinajstić information content (AvgIpc) is 3.42. The van der Waals surface area contributed by atoms with Crippen LogP contribution in [0.1, 0.15) is 29.5 Å². The summed E-state index contributed by atoms with van der Waals surface area (Å²) in [5.74, 6) is -0.332. The average molecular weight is 456 g/mol. The molecule has 34 heavy (non-hydrogen) atoms. The SMILES string of the molecule is O=C1CN([C@@H]2CC(O)[C@H](CNC(c3ccccc3)(c3ccccc3)c3ccccc3)C2)C(=O)N1. The molecule has 1 saturated carbocycles. The summed E-state index contributed by atoms with van der Waals surface area (Å²) >= 11 is 0. The van der Waals surface area contributed by atoms with Crippen molar-refractivity contribution in [1.29, 1.82) is 0 Å². The van der Waals surface area contributed by atoms with Crippen molar-refractivity contribution in [2.24, 2.45) is 5.92 Å². The number of carbonyl (C=O) groups is 2. The Kier molecular flexibility index (Phi) is 6.18. The van der Waals surface area contributed by atoms with E-state index in [1.807, 2.05) is 54.6 Å². The lowest BCUT2D eigenvalue weighted by Gasteiger charge is -2.38. The third-order valence-electron chi connectivity index (χ3n) is 7.14. The zero-order valence-electron chi connectivity index (χ0n) is 18.9. The van der Waals surface area contributed by atoms with Crippen LogP contribution in [0.25, 0.3) is 0 Å². The Hall–Kier alpha value is -3.48. The van der Waals surface area contributed by atoms with Crippen molar-refractivity contribution in [3.63, 3.8) is 0 Å². The molecule has 3 atom stereocenters. The molecule has 1 aliphatic carbocycles. The minimum absolute atomic E-state index is 0.0518. The minimum atomic E-state index is -0.609. The number of nitrogens with one attached hydrogen (secondary N) is 2. The zero-order valence-corrected chi connectivity index (χ0v) is 18.9. The van der Waals surface area contributed by atoms with Gasteiger partial charge in [0.1, 0.15) is 6.54 Å². The van der Waals surface area contributed by atoms with Gasteiger partial charge in [0.05, 0.1) is 11.6 Å². The number of imide groups is 1. The highest BCUT2D eigenvalue weighted by Gasteiger charge is 2.43. The second-order valence-corrected chi connectivity index (χ2v) is 9.16. The fourth-order valence-electron chi connectivity index (χ4n) is 5.45. The maximum atomic E-state index is 12.2. The maximum Gasteiger partial charge on any atom is 0.324 e. The van der Waals surface area contributed by atoms with Crippen LogP contribution in [0.15, 0.2) is 91.0 Å². The fourth-order valence-corrected chi connectivity index (χ4v) is 5.45. The van der Waals surface area contributed by atoms with E-state index >= 15 is 0 Å². The summed E-state index contributed by atoms with van der Waals surface area (Å²) in [6.45, 7) is 0.623. The lowest BCUT2D eigenvalue weighted by molar-refractivity contribution is -0.118. The number of urea groups is 1. The van der Waals surface area contributed by atoms with Crippen LogP contribution in [-0.4, -0.2) is 47.2 Å². The van der Waals surface area contributed by atoms with Crippen LogP contribution in [0.5, 0.6) is 0 Å². The number of aliphatic hydroxyl groups is 1. The van der Waals surface area contributed by atoms with Gasteiger partial charge in [0, 0.05) is 12.6 Å². The van der Waals surface area contributed by atoms with Crippen molar-refractivity contribution in [2.75, 3.05) is 13.1 Å². The molecule has 0 bridgehead atoms. The Morgan fingerprint density at radius 3 is 1.76 bits per heavy atom. The first-order chi connectivity index (χ1) is 16.6. The second-order valence-electron chi connectivity index (χ2n) is 9.16. The summed E-state index contributed by atoms with van der Waals surface area (Å²) in [6, 6.07) is 30.5. The lowest BCUT2D eigenvalue weighted by atomic mass is 9.76. The summed E-state index contributed by atoms with van der Waals surface area (Å²) < 4.78 is 0. The van der Waals surface area contributed by atoms with Crippen molar-refractivity contribution in [3.8, 4) is 0 Å². The number of hydrogen-bond acceptors (Lipinski definition) is 4. The van der Waals surface area contributed by atoms with E-state index in [9.17, 15) is 14.7 Å². The number of hydrogen-bond donors (Lipinski definition) is 3. The molecule has 6 nitrogen and oxygen atoms in total. The molecule has 174 valence electrons. The Morgan fingerprint density at radius 2 is 1.32 bits per heavy atom. The number of benzene rings is 3. The summed E-state index contributed by atoms with van der Waals surface area (Å²) in [5, 5.41) is 17.1. The molecular formula is C28H29N3O3. The highest BCUT2D eigenvalue weighted by molar-refractivity contribution is 6.02. The van der Waals surface area contributed by atoms with Gasteiger partial charge < -0.3 is 10.0 Å². The Balaban J connectivity index is 1.47. The van der Waals surface area contributed by atoms with Crippen molar-refractivity contribution in [1.82, 2.24) is 15.5 Å². The van der Waals surface area contributed by atoms with Gasteiger partial charge in [-0.3, -0.25) is 15.4 Å². The molecule has 0 spiro atoms. The molecule has 3 aromatic carbocycles. The van der Waals surface area contributed by atoms with Crippen LogP contribution in [0.2, 0.25) is 0 Å². The van der Waals surface area contributed by atoms with E-state index in [0.29, 0.717) is 19.4 Å². The van der Waals surface area contributed by atoms with E-state index in [2.05, 4.69) is 47.0 Å². The zero-order chi connectivity index (χ0) is 23.5. The molecule has 1 heterocycles. The summed E-state index contributed by atoms with van der Waals surface area (Å²) in [7, 11) is 0. The largest absolute Gasteiger partial charge is 0.393 e. The topological polar surface area (TPSA) is 81.7 Å². The van der Waals surface area contributed by atoms with Crippen LogP contribution in [0.4, 0.5) is 4.79 Å². The van der Waals surface area contributed by atoms with E-state index in [0.717, 1.165) is 16.7 Å². The molecule has 1 unspecified atom stereocenters. The molecular weight excluding hydrogens is 426 g/mol. The standard InChI is InChI=1S/C28H29N3O3/c32-25-17-24(31-19-26(33)30-27(31)34)16-20(25)18-29-28(21-10-4-1-5-11-21,22-12-6-2-7-13-22)23-14-8-3-9-15-23/h1-15,20,24-25,29,32H,16-19H2,(H,30,33,34)/t20-,24-,25?/m0/s1. The highest BCUT2D eigenvalue weighted by atomic mass is 16.3. The number of nitrogens with zero attached hydrogens (tertiary/aromatic N) is 1. The summed E-state index contributed by atoms with van der Waals surface area (Å²) in [6.07, 6.45) is 0.562. The van der Waals surface area contributed by atoms with Gasteiger partial charge in [-0.25, -0.2) is 4.79 Å². The van der Waals surface area contributed by atoms with Gasteiger partial charge in [-0.05, 0) is 35.4 Å². The molecule has 1 aliphatic heterocycles. The quantitative estimate of drug-likeness (QED) is 0.377. The summed E-state index contributed by atoms with van der Waals surface area (Å²) in [4.78, 5) is 25.4. The molecule has 0 radical (unpaired) electrons. The molecule has 6 heteroatoms. The Labute approximate surface area is 199 Å². The van der Waals surface area contributed by atoms with Crippen molar-refractivity contribution in [2.45, 2.75) is 30.5 Å². The number of carbonyl (C=O) groups excluding carboxylic acids is 2. The highest BCUT2D eigenvalue weighted by Crippen LogP contribution is 2.38. The van der Waals surface area contributed by atoms with Crippen molar-refractivity contribution < 1.29 is 14.7 Å². The summed E-state index contributed by atoms with van der Waals surface area (Å²) in [5.41, 5.74) is 2.73. The van der Waals surface area contributed by atoms with Crippen LogP contribution in [0, 0.1) is 5.92 Å². The lowest BCUT2D eigenvalue weighted by Crippen LogP contribution is -2.47. The van der Waals surface area contributed by atoms with Crippen LogP contribution in [-0.2, 0) is 10.3 Å². The first kappa shape index (κ1) is 22.3. The van der Waals surface area contributed by atoms with Gasteiger partial charge in [0.25, 0.3) is 0 Å². The number of rotatable bonds is 7. The van der Waals surface area contributed by atoms with Gasteiger partial charge in [-0.1, -0.05) is 91.0 Å². The van der Waals surface area contributed by atoms with E-state index in [-0.39, 0.29) is 30.4 Å². The Morgan fingerprint density at radius 1 is 0.824 bits per heavy atom. The first-order valence-corrected chi connectivity index (χ1v) is 11.8. The van der Waals surface area contributed by atoms with Gasteiger partial charge in [-0.15, -0.1) is 0 Å².